The summed E-state index contributed by atoms with van der Waals surface area (Å²) in [5, 5.41) is 5.09. The van der Waals surface area contributed by atoms with Crippen LogP contribution in [0, 0.1) is 17.5 Å². The van der Waals surface area contributed by atoms with Crippen LogP contribution < -0.4 is 0 Å². The molecule has 1 aromatic heterocycles. The van der Waals surface area contributed by atoms with E-state index in [4.69, 9.17) is 23.8 Å². The molecule has 0 fully saturated rings. The molecule has 0 aliphatic carbocycles. The van der Waals surface area contributed by atoms with Crippen LogP contribution in [0.1, 0.15) is 11.1 Å². The van der Waals surface area contributed by atoms with Crippen LogP contribution in [-0.2, 0) is 20.3 Å². The fourth-order valence-corrected chi connectivity index (χ4v) is 3.28. The molecule has 2 aromatic carbocycles. The number of aromatic nitrogens is 3. The molecule has 136 valence electrons. The van der Waals surface area contributed by atoms with Crippen LogP contribution >= 0.6 is 23.8 Å². The third-order valence-corrected chi connectivity index (χ3v) is 5.13. The second-order valence-electron chi connectivity index (χ2n) is 6.34. The highest BCUT2D eigenvalue weighted by molar-refractivity contribution is 7.71. The lowest BCUT2D eigenvalue weighted by atomic mass is 10.1. The number of halogens is 2. The molecule has 0 bridgehead atoms. The summed E-state index contributed by atoms with van der Waals surface area (Å²) in [5.74, 6) is 0.500. The molecule has 3 aromatic rings. The van der Waals surface area contributed by atoms with Gasteiger partial charge in [0.15, 0.2) is 10.6 Å². The van der Waals surface area contributed by atoms with E-state index in [1.54, 1.807) is 16.8 Å². The van der Waals surface area contributed by atoms with Crippen molar-refractivity contribution in [3.8, 4) is 11.4 Å². The predicted octanol–water partition coefficient (Wildman–Crippen LogP) is 4.81. The molecule has 0 amide bonds. The van der Waals surface area contributed by atoms with Crippen molar-refractivity contribution in [2.45, 2.75) is 20.1 Å². The van der Waals surface area contributed by atoms with Crippen LogP contribution in [0.2, 0.25) is 5.02 Å². The summed E-state index contributed by atoms with van der Waals surface area (Å²) in [4.78, 5) is 1.93. The zero-order valence-corrected chi connectivity index (χ0v) is 16.5. The van der Waals surface area contributed by atoms with E-state index in [9.17, 15) is 4.39 Å². The zero-order valence-electron chi connectivity index (χ0n) is 14.9. The van der Waals surface area contributed by atoms with E-state index in [2.05, 4.69) is 5.10 Å². The number of rotatable bonds is 5. The summed E-state index contributed by atoms with van der Waals surface area (Å²) in [5.41, 5.74) is 2.65. The molecular weight excluding hydrogens is 371 g/mol. The Labute approximate surface area is 162 Å². The van der Waals surface area contributed by atoms with Crippen molar-refractivity contribution in [1.29, 1.82) is 0 Å². The summed E-state index contributed by atoms with van der Waals surface area (Å²) in [7, 11) is 3.79. The lowest BCUT2D eigenvalue weighted by Gasteiger charge is -2.17. The highest BCUT2D eigenvalue weighted by atomic mass is 35.5. The average Bonchev–Trinajstić information content (AvgIpc) is 2.87. The van der Waals surface area contributed by atoms with Crippen molar-refractivity contribution in [3.63, 3.8) is 0 Å². The van der Waals surface area contributed by atoms with E-state index in [1.807, 2.05) is 54.8 Å². The van der Waals surface area contributed by atoms with Gasteiger partial charge in [0, 0.05) is 29.7 Å². The Morgan fingerprint density at radius 3 is 2.62 bits per heavy atom. The van der Waals surface area contributed by atoms with Gasteiger partial charge in [0.2, 0.25) is 0 Å². The quantitative estimate of drug-likeness (QED) is 0.585. The maximum atomic E-state index is 14.0. The standard InChI is InChI=1S/C19H20ClFN4S/c1-13-7-4-5-8-14(13)18-22-25(19(26)24(18)3)12-23(2)11-15-16(20)9-6-10-17(15)21/h4-10H,11-12H2,1-3H3. The molecule has 0 N–H and O–H groups in total. The second kappa shape index (κ2) is 7.70. The van der Waals surface area contributed by atoms with E-state index in [0.29, 0.717) is 28.6 Å². The lowest BCUT2D eigenvalue weighted by Crippen LogP contribution is -2.23. The molecule has 7 heteroatoms. The van der Waals surface area contributed by atoms with E-state index < -0.39 is 0 Å². The van der Waals surface area contributed by atoms with Gasteiger partial charge in [0.05, 0.1) is 6.67 Å². The molecular formula is C19H20ClFN4S. The van der Waals surface area contributed by atoms with E-state index >= 15 is 0 Å². The van der Waals surface area contributed by atoms with E-state index in [1.165, 1.54) is 6.07 Å². The largest absolute Gasteiger partial charge is 0.303 e. The van der Waals surface area contributed by atoms with Gasteiger partial charge in [-0.05, 0) is 43.9 Å². The minimum atomic E-state index is -0.311. The van der Waals surface area contributed by atoms with Crippen LogP contribution in [0.4, 0.5) is 4.39 Å². The Hall–Kier alpha value is -2.02. The molecule has 0 saturated carbocycles. The van der Waals surface area contributed by atoms with Crippen molar-refractivity contribution in [3.05, 3.63) is 69.2 Å². The number of nitrogens with zero attached hydrogens (tertiary/aromatic N) is 4. The van der Waals surface area contributed by atoms with Gasteiger partial charge in [0.25, 0.3) is 0 Å². The van der Waals surface area contributed by atoms with Crippen molar-refractivity contribution in [1.82, 2.24) is 19.2 Å². The van der Waals surface area contributed by atoms with Gasteiger partial charge < -0.3 is 4.57 Å². The molecule has 0 unspecified atom stereocenters. The first-order valence-electron chi connectivity index (χ1n) is 8.19. The highest BCUT2D eigenvalue weighted by Gasteiger charge is 2.14. The van der Waals surface area contributed by atoms with Gasteiger partial charge in [-0.2, -0.15) is 5.10 Å². The Morgan fingerprint density at radius 1 is 1.19 bits per heavy atom. The number of aryl methyl sites for hydroxylation is 1. The third-order valence-electron chi connectivity index (χ3n) is 4.29. The van der Waals surface area contributed by atoms with Crippen LogP contribution in [0.5, 0.6) is 0 Å². The zero-order chi connectivity index (χ0) is 18.8. The molecule has 0 saturated heterocycles. The summed E-state index contributed by atoms with van der Waals surface area (Å²) in [6.45, 7) is 2.84. The minimum absolute atomic E-state index is 0.311. The monoisotopic (exact) mass is 390 g/mol. The normalized spacial score (nSPS) is 11.3. The smallest absolute Gasteiger partial charge is 0.199 e. The Bertz CT molecular complexity index is 975. The molecule has 0 aliphatic heterocycles. The molecule has 26 heavy (non-hydrogen) atoms. The lowest BCUT2D eigenvalue weighted by molar-refractivity contribution is 0.241. The maximum absolute atomic E-state index is 14.0. The van der Waals surface area contributed by atoms with Crippen molar-refractivity contribution < 1.29 is 4.39 Å². The minimum Gasteiger partial charge on any atom is -0.303 e. The van der Waals surface area contributed by atoms with Gasteiger partial charge in [0.1, 0.15) is 5.82 Å². The third kappa shape index (κ3) is 3.72. The Balaban J connectivity index is 1.86. The summed E-state index contributed by atoms with van der Waals surface area (Å²) < 4.78 is 18.2. The molecule has 0 radical (unpaired) electrons. The fourth-order valence-electron chi connectivity index (χ4n) is 2.87. The topological polar surface area (TPSA) is 26.0 Å². The van der Waals surface area contributed by atoms with Gasteiger partial charge in [-0.25, -0.2) is 9.07 Å². The summed E-state index contributed by atoms with van der Waals surface area (Å²) >= 11 is 11.6. The predicted molar refractivity (Wildman–Crippen MR) is 105 cm³/mol. The molecule has 0 aliphatic rings. The molecule has 4 nitrogen and oxygen atoms in total. The summed E-state index contributed by atoms with van der Waals surface area (Å²) in [6, 6.07) is 12.8. The van der Waals surface area contributed by atoms with Crippen molar-refractivity contribution in [2.75, 3.05) is 7.05 Å². The first-order valence-corrected chi connectivity index (χ1v) is 8.98. The first-order chi connectivity index (χ1) is 12.4. The first kappa shape index (κ1) is 18.8. The Morgan fingerprint density at radius 2 is 1.92 bits per heavy atom. The summed E-state index contributed by atoms with van der Waals surface area (Å²) in [6.07, 6.45) is 0. The van der Waals surface area contributed by atoms with E-state index in [-0.39, 0.29) is 5.82 Å². The maximum Gasteiger partial charge on any atom is 0.199 e. The van der Waals surface area contributed by atoms with Gasteiger partial charge in [-0.15, -0.1) is 0 Å². The molecule has 1 heterocycles. The van der Waals surface area contributed by atoms with Gasteiger partial charge in [-0.1, -0.05) is 41.9 Å². The number of benzene rings is 2. The van der Waals surface area contributed by atoms with Crippen LogP contribution in [0.15, 0.2) is 42.5 Å². The SMILES string of the molecule is Cc1ccccc1-c1nn(CN(C)Cc2c(F)cccc2Cl)c(=S)n1C. The number of hydrogen-bond donors (Lipinski definition) is 0. The average molecular weight is 391 g/mol. The van der Waals surface area contributed by atoms with Crippen molar-refractivity contribution in [2.24, 2.45) is 7.05 Å². The van der Waals surface area contributed by atoms with Crippen LogP contribution in [0.3, 0.4) is 0 Å². The van der Waals surface area contributed by atoms with Crippen LogP contribution in [-0.4, -0.2) is 26.3 Å². The fraction of sp³-hybridized carbons (Fsp3) is 0.263. The number of hydrogen-bond acceptors (Lipinski definition) is 3. The molecule has 0 atom stereocenters. The highest BCUT2D eigenvalue weighted by Crippen LogP contribution is 2.23. The molecule has 3 rings (SSSR count). The second-order valence-corrected chi connectivity index (χ2v) is 7.11. The van der Waals surface area contributed by atoms with Crippen molar-refractivity contribution >= 4 is 23.8 Å². The van der Waals surface area contributed by atoms with E-state index in [0.717, 1.165) is 17.0 Å². The van der Waals surface area contributed by atoms with Gasteiger partial charge >= 0.3 is 0 Å². The van der Waals surface area contributed by atoms with Gasteiger partial charge in [-0.3, -0.25) is 4.90 Å². The van der Waals surface area contributed by atoms with Crippen LogP contribution in [0.25, 0.3) is 11.4 Å². The Kier molecular flexibility index (Phi) is 5.55. The molecule has 0 spiro atoms.